The number of anilines is 1. The molecule has 0 saturated heterocycles. The van der Waals surface area contributed by atoms with E-state index in [1.165, 1.54) is 5.69 Å². The molecule has 1 N–H and O–H groups in total. The van der Waals surface area contributed by atoms with Crippen molar-refractivity contribution in [2.24, 2.45) is 0 Å². The minimum atomic E-state index is 0.126. The molecule has 2 nitrogen and oxygen atoms in total. The van der Waals surface area contributed by atoms with Crippen LogP contribution in [0.3, 0.4) is 0 Å². The highest BCUT2D eigenvalue weighted by atomic mass is 16.3. The summed E-state index contributed by atoms with van der Waals surface area (Å²) in [4.78, 5) is 2.28. The minimum Gasteiger partial charge on any atom is -0.392 e. The number of benzene rings is 1. The van der Waals surface area contributed by atoms with Crippen LogP contribution in [0.2, 0.25) is 0 Å². The van der Waals surface area contributed by atoms with Gasteiger partial charge in [-0.15, -0.1) is 0 Å². The number of rotatable bonds is 4. The van der Waals surface area contributed by atoms with E-state index >= 15 is 0 Å². The molecule has 1 rings (SSSR count). The SMILES string of the molecule is CCN(CC)c1ccc(C)c(CO)c1. The minimum absolute atomic E-state index is 0.126. The molecule has 0 saturated carbocycles. The number of nitrogens with zero attached hydrogens (tertiary/aromatic N) is 1. The fraction of sp³-hybridized carbons (Fsp3) is 0.500. The van der Waals surface area contributed by atoms with Crippen molar-refractivity contribution < 1.29 is 5.11 Å². The number of aliphatic hydroxyl groups is 1. The molecule has 1 aromatic rings. The molecule has 0 atom stereocenters. The first kappa shape index (κ1) is 11.1. The third kappa shape index (κ3) is 2.26. The van der Waals surface area contributed by atoms with Gasteiger partial charge in [0.1, 0.15) is 0 Å². The van der Waals surface area contributed by atoms with Gasteiger partial charge >= 0.3 is 0 Å². The molecule has 0 aliphatic rings. The highest BCUT2D eigenvalue weighted by Gasteiger charge is 2.03. The lowest BCUT2D eigenvalue weighted by Gasteiger charge is -2.22. The Morgan fingerprint density at radius 1 is 1.21 bits per heavy atom. The van der Waals surface area contributed by atoms with E-state index in [1.807, 2.05) is 6.92 Å². The summed E-state index contributed by atoms with van der Waals surface area (Å²) in [5.74, 6) is 0. The number of hydrogen-bond acceptors (Lipinski definition) is 2. The summed E-state index contributed by atoms with van der Waals surface area (Å²) in [5.41, 5.74) is 3.38. The van der Waals surface area contributed by atoms with E-state index < -0.39 is 0 Å². The fourth-order valence-electron chi connectivity index (χ4n) is 1.61. The molecule has 78 valence electrons. The highest BCUT2D eigenvalue weighted by Crippen LogP contribution is 2.19. The summed E-state index contributed by atoms with van der Waals surface area (Å²) < 4.78 is 0. The predicted octanol–water partition coefficient (Wildman–Crippen LogP) is 2.33. The van der Waals surface area contributed by atoms with Gasteiger partial charge in [-0.1, -0.05) is 6.07 Å². The Kier molecular flexibility index (Phi) is 3.96. The second-order valence-corrected chi connectivity index (χ2v) is 3.44. The van der Waals surface area contributed by atoms with Crippen molar-refractivity contribution in [1.29, 1.82) is 0 Å². The summed E-state index contributed by atoms with van der Waals surface area (Å²) >= 11 is 0. The van der Waals surface area contributed by atoms with Gasteiger partial charge < -0.3 is 10.0 Å². The first-order chi connectivity index (χ1) is 6.72. The molecule has 0 amide bonds. The van der Waals surface area contributed by atoms with Gasteiger partial charge in [-0.2, -0.15) is 0 Å². The Labute approximate surface area is 86.2 Å². The van der Waals surface area contributed by atoms with Gasteiger partial charge in [0.15, 0.2) is 0 Å². The van der Waals surface area contributed by atoms with E-state index in [0.29, 0.717) is 0 Å². The molecular formula is C12H19NO. The van der Waals surface area contributed by atoms with Crippen molar-refractivity contribution in [3.8, 4) is 0 Å². The third-order valence-electron chi connectivity index (χ3n) is 2.63. The van der Waals surface area contributed by atoms with Crippen LogP contribution in [0.5, 0.6) is 0 Å². The fourth-order valence-corrected chi connectivity index (χ4v) is 1.61. The molecule has 0 unspecified atom stereocenters. The van der Waals surface area contributed by atoms with Crippen molar-refractivity contribution in [2.45, 2.75) is 27.4 Å². The van der Waals surface area contributed by atoms with E-state index in [-0.39, 0.29) is 6.61 Å². The van der Waals surface area contributed by atoms with E-state index in [4.69, 9.17) is 5.11 Å². The summed E-state index contributed by atoms with van der Waals surface area (Å²) in [5, 5.41) is 9.15. The molecular weight excluding hydrogens is 174 g/mol. The van der Waals surface area contributed by atoms with Gasteiger partial charge in [0, 0.05) is 18.8 Å². The Bertz CT molecular complexity index is 292. The Morgan fingerprint density at radius 2 is 1.86 bits per heavy atom. The average molecular weight is 193 g/mol. The van der Waals surface area contributed by atoms with E-state index in [9.17, 15) is 0 Å². The van der Waals surface area contributed by atoms with Crippen LogP contribution in [0.25, 0.3) is 0 Å². The molecule has 0 aromatic heterocycles. The van der Waals surface area contributed by atoms with Crippen molar-refractivity contribution in [2.75, 3.05) is 18.0 Å². The molecule has 0 radical (unpaired) electrons. The second kappa shape index (κ2) is 5.01. The number of hydrogen-bond donors (Lipinski definition) is 1. The average Bonchev–Trinajstić information content (AvgIpc) is 2.22. The van der Waals surface area contributed by atoms with Crippen LogP contribution in [0.15, 0.2) is 18.2 Å². The zero-order chi connectivity index (χ0) is 10.6. The molecule has 1 aromatic carbocycles. The maximum Gasteiger partial charge on any atom is 0.0685 e. The van der Waals surface area contributed by atoms with Crippen LogP contribution in [0.1, 0.15) is 25.0 Å². The third-order valence-corrected chi connectivity index (χ3v) is 2.63. The van der Waals surface area contributed by atoms with E-state index in [0.717, 1.165) is 24.2 Å². The Hall–Kier alpha value is -1.02. The monoisotopic (exact) mass is 193 g/mol. The van der Waals surface area contributed by atoms with Crippen molar-refractivity contribution >= 4 is 5.69 Å². The van der Waals surface area contributed by atoms with Gasteiger partial charge in [0.25, 0.3) is 0 Å². The lowest BCUT2D eigenvalue weighted by atomic mass is 10.1. The zero-order valence-corrected chi connectivity index (χ0v) is 9.25. The molecule has 0 spiro atoms. The maximum absolute atomic E-state index is 9.15. The summed E-state index contributed by atoms with van der Waals surface area (Å²) in [6.45, 7) is 8.44. The quantitative estimate of drug-likeness (QED) is 0.793. The van der Waals surface area contributed by atoms with Gasteiger partial charge in [-0.3, -0.25) is 0 Å². The number of aliphatic hydroxyl groups excluding tert-OH is 1. The van der Waals surface area contributed by atoms with Gasteiger partial charge in [0.05, 0.1) is 6.61 Å². The highest BCUT2D eigenvalue weighted by molar-refractivity contribution is 5.50. The first-order valence-corrected chi connectivity index (χ1v) is 5.18. The Balaban J connectivity index is 2.98. The van der Waals surface area contributed by atoms with E-state index in [2.05, 4.69) is 36.9 Å². The zero-order valence-electron chi connectivity index (χ0n) is 9.25. The summed E-state index contributed by atoms with van der Waals surface area (Å²) in [7, 11) is 0. The normalized spacial score (nSPS) is 10.3. The van der Waals surface area contributed by atoms with E-state index in [1.54, 1.807) is 0 Å². The summed E-state index contributed by atoms with van der Waals surface area (Å²) in [6.07, 6.45) is 0. The lowest BCUT2D eigenvalue weighted by molar-refractivity contribution is 0.281. The predicted molar refractivity (Wildman–Crippen MR) is 60.7 cm³/mol. The molecule has 0 aliphatic heterocycles. The topological polar surface area (TPSA) is 23.5 Å². The Morgan fingerprint density at radius 3 is 2.36 bits per heavy atom. The standard InChI is InChI=1S/C12H19NO/c1-4-13(5-2)12-7-6-10(3)11(8-12)9-14/h6-8,14H,4-5,9H2,1-3H3. The molecule has 14 heavy (non-hydrogen) atoms. The van der Waals surface area contributed by atoms with Gasteiger partial charge in [-0.05, 0) is 44.0 Å². The van der Waals surface area contributed by atoms with Crippen LogP contribution in [0, 0.1) is 6.92 Å². The lowest BCUT2D eigenvalue weighted by Crippen LogP contribution is -2.21. The van der Waals surface area contributed by atoms with Crippen molar-refractivity contribution in [3.05, 3.63) is 29.3 Å². The second-order valence-electron chi connectivity index (χ2n) is 3.44. The largest absolute Gasteiger partial charge is 0.392 e. The van der Waals surface area contributed by atoms with Crippen LogP contribution < -0.4 is 4.90 Å². The molecule has 0 heterocycles. The van der Waals surface area contributed by atoms with Gasteiger partial charge in [0.2, 0.25) is 0 Å². The van der Waals surface area contributed by atoms with Crippen LogP contribution >= 0.6 is 0 Å². The van der Waals surface area contributed by atoms with Crippen LogP contribution in [-0.2, 0) is 6.61 Å². The smallest absolute Gasteiger partial charge is 0.0685 e. The first-order valence-electron chi connectivity index (χ1n) is 5.18. The maximum atomic E-state index is 9.15. The molecule has 0 bridgehead atoms. The summed E-state index contributed by atoms with van der Waals surface area (Å²) in [6, 6.07) is 6.25. The molecule has 0 aliphatic carbocycles. The molecule has 0 fully saturated rings. The van der Waals surface area contributed by atoms with Crippen LogP contribution in [-0.4, -0.2) is 18.2 Å². The van der Waals surface area contributed by atoms with Crippen LogP contribution in [0.4, 0.5) is 5.69 Å². The van der Waals surface area contributed by atoms with Crippen molar-refractivity contribution in [1.82, 2.24) is 0 Å². The molecule has 2 heteroatoms. The van der Waals surface area contributed by atoms with Crippen molar-refractivity contribution in [3.63, 3.8) is 0 Å². The number of aryl methyl sites for hydroxylation is 1. The van der Waals surface area contributed by atoms with Gasteiger partial charge in [-0.25, -0.2) is 0 Å².